The van der Waals surface area contributed by atoms with Gasteiger partial charge in [-0.15, -0.1) is 0 Å². The van der Waals surface area contributed by atoms with Crippen molar-refractivity contribution in [1.82, 2.24) is 9.88 Å². The highest BCUT2D eigenvalue weighted by Crippen LogP contribution is 2.21. The number of nitrogens with zero attached hydrogens (tertiary/aromatic N) is 1. The molecule has 0 atom stereocenters. The van der Waals surface area contributed by atoms with Crippen LogP contribution < -0.4 is 10.3 Å². The zero-order chi connectivity index (χ0) is 22.7. The molecular weight excluding hydrogens is 424 g/mol. The SMILES string of the molecule is COc1ccc2cc(CN(Cc3ccc(C)cc3)C(=O)c3cccc(Cl)c3)c(=O)[nH]c2c1. The molecule has 0 unspecified atom stereocenters. The summed E-state index contributed by atoms with van der Waals surface area (Å²) in [4.78, 5) is 30.8. The second-order valence-electron chi connectivity index (χ2n) is 7.73. The van der Waals surface area contributed by atoms with E-state index in [0.717, 1.165) is 16.5 Å². The minimum Gasteiger partial charge on any atom is -0.497 e. The van der Waals surface area contributed by atoms with Crippen LogP contribution in [0.1, 0.15) is 27.0 Å². The highest BCUT2D eigenvalue weighted by molar-refractivity contribution is 6.30. The van der Waals surface area contributed by atoms with Crippen LogP contribution in [-0.4, -0.2) is 22.9 Å². The van der Waals surface area contributed by atoms with Gasteiger partial charge in [0, 0.05) is 28.8 Å². The summed E-state index contributed by atoms with van der Waals surface area (Å²) in [7, 11) is 1.58. The van der Waals surface area contributed by atoms with Crippen LogP contribution in [0.3, 0.4) is 0 Å². The number of ether oxygens (including phenoxy) is 1. The van der Waals surface area contributed by atoms with Crippen LogP contribution >= 0.6 is 11.6 Å². The van der Waals surface area contributed by atoms with E-state index in [4.69, 9.17) is 16.3 Å². The molecule has 4 aromatic rings. The average molecular weight is 447 g/mol. The molecule has 0 fully saturated rings. The number of methoxy groups -OCH3 is 1. The molecule has 162 valence electrons. The van der Waals surface area contributed by atoms with Crippen molar-refractivity contribution in [3.63, 3.8) is 0 Å². The van der Waals surface area contributed by atoms with Crippen molar-refractivity contribution >= 4 is 28.4 Å². The number of halogens is 1. The van der Waals surface area contributed by atoms with Gasteiger partial charge >= 0.3 is 0 Å². The lowest BCUT2D eigenvalue weighted by atomic mass is 10.1. The number of aromatic amines is 1. The second-order valence-corrected chi connectivity index (χ2v) is 8.17. The third-order valence-corrected chi connectivity index (χ3v) is 5.58. The first-order valence-corrected chi connectivity index (χ1v) is 10.6. The Morgan fingerprint density at radius 2 is 1.78 bits per heavy atom. The number of aryl methyl sites for hydroxylation is 1. The maximum absolute atomic E-state index is 13.4. The summed E-state index contributed by atoms with van der Waals surface area (Å²) in [5.74, 6) is 0.473. The van der Waals surface area contributed by atoms with Crippen LogP contribution in [0.4, 0.5) is 0 Å². The van der Waals surface area contributed by atoms with Crippen LogP contribution in [0.2, 0.25) is 5.02 Å². The molecule has 0 radical (unpaired) electrons. The minimum absolute atomic E-state index is 0.163. The molecule has 1 aromatic heterocycles. The number of pyridine rings is 1. The molecule has 6 heteroatoms. The molecule has 1 N–H and O–H groups in total. The van der Waals surface area contributed by atoms with Gasteiger partial charge in [0.15, 0.2) is 0 Å². The van der Waals surface area contributed by atoms with E-state index >= 15 is 0 Å². The Morgan fingerprint density at radius 1 is 1.00 bits per heavy atom. The van der Waals surface area contributed by atoms with Gasteiger partial charge in [-0.1, -0.05) is 47.5 Å². The number of nitrogens with one attached hydrogen (secondary N) is 1. The normalized spacial score (nSPS) is 10.8. The van der Waals surface area contributed by atoms with Crippen molar-refractivity contribution in [3.8, 4) is 5.75 Å². The summed E-state index contributed by atoms with van der Waals surface area (Å²) >= 11 is 6.11. The fraction of sp³-hybridized carbons (Fsp3) is 0.154. The number of H-pyrrole nitrogens is 1. The fourth-order valence-corrected chi connectivity index (χ4v) is 3.78. The van der Waals surface area contributed by atoms with Gasteiger partial charge in [0.05, 0.1) is 19.2 Å². The highest BCUT2D eigenvalue weighted by Gasteiger charge is 2.19. The van der Waals surface area contributed by atoms with Gasteiger partial charge in [0.2, 0.25) is 0 Å². The van der Waals surface area contributed by atoms with E-state index in [0.29, 0.717) is 34.0 Å². The number of hydrogen-bond acceptors (Lipinski definition) is 3. The molecule has 5 nitrogen and oxygen atoms in total. The molecule has 0 saturated carbocycles. The molecular formula is C26H23ClN2O3. The molecule has 3 aromatic carbocycles. The number of hydrogen-bond donors (Lipinski definition) is 1. The molecule has 0 bridgehead atoms. The Labute approximate surface area is 191 Å². The second kappa shape index (κ2) is 9.28. The smallest absolute Gasteiger partial charge is 0.254 e. The average Bonchev–Trinajstić information content (AvgIpc) is 2.79. The van der Waals surface area contributed by atoms with Gasteiger partial charge in [-0.2, -0.15) is 0 Å². The largest absolute Gasteiger partial charge is 0.497 e. The molecule has 4 rings (SSSR count). The quantitative estimate of drug-likeness (QED) is 0.434. The molecule has 1 amide bonds. The number of carbonyl (C=O) groups excluding carboxylic acids is 1. The number of fused-ring (bicyclic) bond motifs is 1. The lowest BCUT2D eigenvalue weighted by Gasteiger charge is -2.23. The van der Waals surface area contributed by atoms with Gasteiger partial charge in [-0.05, 0) is 54.3 Å². The van der Waals surface area contributed by atoms with E-state index < -0.39 is 0 Å². The van der Waals surface area contributed by atoms with Crippen LogP contribution in [0.15, 0.2) is 77.6 Å². The Kier molecular flexibility index (Phi) is 6.28. The highest BCUT2D eigenvalue weighted by atomic mass is 35.5. The molecule has 0 aliphatic rings. The minimum atomic E-state index is -0.237. The summed E-state index contributed by atoms with van der Waals surface area (Å²) in [5, 5.41) is 1.36. The van der Waals surface area contributed by atoms with Gasteiger partial charge in [0.1, 0.15) is 5.75 Å². The van der Waals surface area contributed by atoms with E-state index in [1.165, 1.54) is 0 Å². The molecule has 0 aliphatic heterocycles. The number of carbonyl (C=O) groups is 1. The molecule has 32 heavy (non-hydrogen) atoms. The first-order chi connectivity index (χ1) is 15.4. The number of benzene rings is 3. The third-order valence-electron chi connectivity index (χ3n) is 5.34. The number of aromatic nitrogens is 1. The van der Waals surface area contributed by atoms with E-state index in [1.54, 1.807) is 42.3 Å². The summed E-state index contributed by atoms with van der Waals surface area (Å²) in [6.07, 6.45) is 0. The van der Waals surface area contributed by atoms with Gasteiger partial charge in [-0.3, -0.25) is 9.59 Å². The maximum Gasteiger partial charge on any atom is 0.254 e. The monoisotopic (exact) mass is 446 g/mol. The molecule has 0 spiro atoms. The van der Waals surface area contributed by atoms with Crippen LogP contribution in [0.5, 0.6) is 5.75 Å². The van der Waals surface area contributed by atoms with Crippen LogP contribution in [0.25, 0.3) is 10.9 Å². The Balaban J connectivity index is 1.70. The van der Waals surface area contributed by atoms with E-state index in [1.807, 2.05) is 49.4 Å². The van der Waals surface area contributed by atoms with Crippen molar-refractivity contribution in [2.75, 3.05) is 7.11 Å². The first-order valence-electron chi connectivity index (χ1n) is 10.2. The predicted octanol–water partition coefficient (Wildman–Crippen LogP) is 5.34. The lowest BCUT2D eigenvalue weighted by molar-refractivity contribution is 0.0729. The topological polar surface area (TPSA) is 62.4 Å². The number of amides is 1. The van der Waals surface area contributed by atoms with Crippen LogP contribution in [0, 0.1) is 6.92 Å². The maximum atomic E-state index is 13.4. The van der Waals surface area contributed by atoms with Crippen molar-refractivity contribution in [3.05, 3.63) is 110 Å². The lowest BCUT2D eigenvalue weighted by Crippen LogP contribution is -2.32. The summed E-state index contributed by atoms with van der Waals surface area (Å²) in [6.45, 7) is 2.55. The Morgan fingerprint density at radius 3 is 2.50 bits per heavy atom. The van der Waals surface area contributed by atoms with Gasteiger partial charge in [0.25, 0.3) is 11.5 Å². The van der Waals surface area contributed by atoms with Crippen LogP contribution in [-0.2, 0) is 13.1 Å². The summed E-state index contributed by atoms with van der Waals surface area (Å²) < 4.78 is 5.24. The van der Waals surface area contributed by atoms with E-state index in [-0.39, 0.29) is 18.0 Å². The van der Waals surface area contributed by atoms with Crippen molar-refractivity contribution in [1.29, 1.82) is 0 Å². The fourth-order valence-electron chi connectivity index (χ4n) is 3.59. The van der Waals surface area contributed by atoms with Crippen molar-refractivity contribution in [2.45, 2.75) is 20.0 Å². The van der Waals surface area contributed by atoms with E-state index in [2.05, 4.69) is 4.98 Å². The molecule has 0 saturated heterocycles. The molecule has 1 heterocycles. The predicted molar refractivity (Wildman–Crippen MR) is 127 cm³/mol. The van der Waals surface area contributed by atoms with Gasteiger partial charge in [-0.25, -0.2) is 0 Å². The summed E-state index contributed by atoms with van der Waals surface area (Å²) in [5.41, 5.74) is 3.55. The number of rotatable bonds is 6. The van der Waals surface area contributed by atoms with Crippen molar-refractivity contribution in [2.24, 2.45) is 0 Å². The zero-order valence-electron chi connectivity index (χ0n) is 17.9. The summed E-state index contributed by atoms with van der Waals surface area (Å²) in [6, 6.07) is 22.2. The Bertz CT molecular complexity index is 1330. The van der Waals surface area contributed by atoms with Crippen molar-refractivity contribution < 1.29 is 9.53 Å². The van der Waals surface area contributed by atoms with Gasteiger partial charge < -0.3 is 14.6 Å². The third kappa shape index (κ3) is 4.84. The Hall–Kier alpha value is -3.57. The standard InChI is InChI=1S/C26H23ClN2O3/c1-17-6-8-18(9-7-17)15-29(26(31)20-4-3-5-22(27)13-20)16-21-12-19-10-11-23(32-2)14-24(19)28-25(21)30/h3-14H,15-16H2,1-2H3,(H,28,30). The van der Waals surface area contributed by atoms with E-state index in [9.17, 15) is 9.59 Å². The zero-order valence-corrected chi connectivity index (χ0v) is 18.6. The molecule has 0 aliphatic carbocycles. The first kappa shape index (κ1) is 21.7.